The Morgan fingerprint density at radius 3 is 2.61 bits per heavy atom. The number of nitrogens with one attached hydrogen (secondary N) is 1. The summed E-state index contributed by atoms with van der Waals surface area (Å²) in [6.07, 6.45) is 2.83. The Hall–Kier alpha value is -3.32. The minimum atomic E-state index is -0.810. The average molecular weight is 400 g/mol. The maximum absolute atomic E-state index is 12.6. The number of aromatic nitrogens is 2. The van der Waals surface area contributed by atoms with Crippen LogP contribution in [0.3, 0.4) is 0 Å². The van der Waals surface area contributed by atoms with Gasteiger partial charge >= 0.3 is 11.1 Å². The Morgan fingerprint density at radius 1 is 1.07 bits per heavy atom. The van der Waals surface area contributed by atoms with Crippen LogP contribution in [0.15, 0.2) is 70.5 Å². The van der Waals surface area contributed by atoms with Crippen molar-refractivity contribution in [3.8, 4) is 11.4 Å². The van der Waals surface area contributed by atoms with Crippen molar-refractivity contribution < 1.29 is 9.53 Å². The first-order chi connectivity index (χ1) is 13.5. The highest BCUT2D eigenvalue weighted by Crippen LogP contribution is 2.20. The number of hydrogen-bond acceptors (Lipinski definition) is 4. The van der Waals surface area contributed by atoms with Gasteiger partial charge in [-0.2, -0.15) is 0 Å². The van der Waals surface area contributed by atoms with Crippen molar-refractivity contribution in [2.45, 2.75) is 13.5 Å². The van der Waals surface area contributed by atoms with E-state index in [0.717, 1.165) is 4.57 Å². The standard InChI is InChI=1S/C20H18ClN3O4/c1-2-28-17-9-4-3-8-16(17)24-11-10-23(19(26)20(24)27)13-18(25)22-15-7-5-6-14(21)12-15/h3-12H,2,13H2,1H3,(H,22,25). The molecule has 0 bridgehead atoms. The van der Waals surface area contributed by atoms with Crippen LogP contribution >= 0.6 is 11.6 Å². The van der Waals surface area contributed by atoms with Gasteiger partial charge in [0.2, 0.25) is 5.91 Å². The second kappa shape index (κ2) is 8.58. The minimum absolute atomic E-state index is 0.297. The molecule has 0 aliphatic carbocycles. The van der Waals surface area contributed by atoms with E-state index in [0.29, 0.717) is 28.8 Å². The minimum Gasteiger partial charge on any atom is -0.492 e. The first-order valence-corrected chi connectivity index (χ1v) is 8.97. The average Bonchev–Trinajstić information content (AvgIpc) is 2.67. The molecule has 0 saturated heterocycles. The number of halogens is 1. The molecule has 0 saturated carbocycles. The molecule has 2 aromatic carbocycles. The third-order valence-electron chi connectivity index (χ3n) is 3.91. The highest BCUT2D eigenvalue weighted by atomic mass is 35.5. The molecule has 7 nitrogen and oxygen atoms in total. The number of hydrogen-bond donors (Lipinski definition) is 1. The fourth-order valence-electron chi connectivity index (χ4n) is 2.68. The third kappa shape index (κ3) is 4.32. The van der Waals surface area contributed by atoms with Crippen LogP contribution in [-0.4, -0.2) is 21.6 Å². The molecule has 1 N–H and O–H groups in total. The molecule has 0 aliphatic heterocycles. The number of para-hydroxylation sites is 2. The number of ether oxygens (including phenoxy) is 1. The normalized spacial score (nSPS) is 10.5. The number of carbonyl (C=O) groups excluding carboxylic acids is 1. The zero-order chi connectivity index (χ0) is 20.1. The van der Waals surface area contributed by atoms with Gasteiger partial charge in [-0.3, -0.25) is 23.5 Å². The van der Waals surface area contributed by atoms with Crippen LogP contribution < -0.4 is 21.2 Å². The van der Waals surface area contributed by atoms with Crippen molar-refractivity contribution in [2.24, 2.45) is 0 Å². The van der Waals surface area contributed by atoms with Crippen molar-refractivity contribution >= 4 is 23.2 Å². The second-order valence-electron chi connectivity index (χ2n) is 5.87. The predicted octanol–water partition coefficient (Wildman–Crippen LogP) is 2.69. The number of benzene rings is 2. The fraction of sp³-hybridized carbons (Fsp3) is 0.150. The van der Waals surface area contributed by atoms with Crippen LogP contribution in [0.25, 0.3) is 5.69 Å². The van der Waals surface area contributed by atoms with Crippen LogP contribution in [0.2, 0.25) is 5.02 Å². The Balaban J connectivity index is 1.86. The lowest BCUT2D eigenvalue weighted by Crippen LogP contribution is -2.41. The fourth-order valence-corrected chi connectivity index (χ4v) is 2.87. The van der Waals surface area contributed by atoms with Gasteiger partial charge in [-0.25, -0.2) is 0 Å². The molecule has 1 aromatic heterocycles. The zero-order valence-electron chi connectivity index (χ0n) is 15.1. The van der Waals surface area contributed by atoms with E-state index < -0.39 is 17.0 Å². The van der Waals surface area contributed by atoms with Crippen molar-refractivity contribution in [1.29, 1.82) is 0 Å². The van der Waals surface area contributed by atoms with Crippen LogP contribution in [0, 0.1) is 0 Å². The molecule has 3 rings (SSSR count). The van der Waals surface area contributed by atoms with Gasteiger partial charge in [-0.05, 0) is 37.3 Å². The summed E-state index contributed by atoms with van der Waals surface area (Å²) in [6.45, 7) is 1.96. The Labute approximate surface area is 165 Å². The first kappa shape index (κ1) is 19.4. The highest BCUT2D eigenvalue weighted by molar-refractivity contribution is 6.30. The summed E-state index contributed by atoms with van der Waals surface area (Å²) < 4.78 is 7.78. The van der Waals surface area contributed by atoms with E-state index in [2.05, 4.69) is 5.32 Å². The molecule has 0 radical (unpaired) electrons. The molecule has 0 fully saturated rings. The van der Waals surface area contributed by atoms with Gasteiger partial charge in [0.05, 0.1) is 12.3 Å². The lowest BCUT2D eigenvalue weighted by Gasteiger charge is -2.13. The molecule has 0 unspecified atom stereocenters. The van der Waals surface area contributed by atoms with E-state index in [1.54, 1.807) is 48.5 Å². The smallest absolute Gasteiger partial charge is 0.321 e. The van der Waals surface area contributed by atoms with E-state index in [9.17, 15) is 14.4 Å². The monoisotopic (exact) mass is 399 g/mol. The van der Waals surface area contributed by atoms with Crippen LogP contribution in [-0.2, 0) is 11.3 Å². The number of carbonyl (C=O) groups is 1. The summed E-state index contributed by atoms with van der Waals surface area (Å²) in [5.74, 6) is 0.0409. The number of anilines is 1. The van der Waals surface area contributed by atoms with Crippen molar-refractivity contribution in [2.75, 3.05) is 11.9 Å². The summed E-state index contributed by atoms with van der Waals surface area (Å²) in [5.41, 5.74) is -0.619. The maximum atomic E-state index is 12.6. The van der Waals surface area contributed by atoms with E-state index in [4.69, 9.17) is 16.3 Å². The van der Waals surface area contributed by atoms with E-state index in [1.807, 2.05) is 6.92 Å². The second-order valence-corrected chi connectivity index (χ2v) is 6.30. The van der Waals surface area contributed by atoms with E-state index in [-0.39, 0.29) is 6.54 Å². The van der Waals surface area contributed by atoms with Gasteiger partial charge in [0, 0.05) is 23.1 Å². The van der Waals surface area contributed by atoms with Gasteiger partial charge in [0.1, 0.15) is 12.3 Å². The van der Waals surface area contributed by atoms with Gasteiger partial charge in [-0.1, -0.05) is 29.8 Å². The molecule has 1 heterocycles. The number of amides is 1. The first-order valence-electron chi connectivity index (χ1n) is 8.59. The lowest BCUT2D eigenvalue weighted by molar-refractivity contribution is -0.116. The molecule has 144 valence electrons. The molecule has 28 heavy (non-hydrogen) atoms. The summed E-state index contributed by atoms with van der Waals surface area (Å²) in [7, 11) is 0. The summed E-state index contributed by atoms with van der Waals surface area (Å²) in [5, 5.41) is 3.12. The summed E-state index contributed by atoms with van der Waals surface area (Å²) in [6, 6.07) is 13.6. The van der Waals surface area contributed by atoms with Crippen LogP contribution in [0.1, 0.15) is 6.92 Å². The zero-order valence-corrected chi connectivity index (χ0v) is 15.8. The molecule has 0 atom stereocenters. The van der Waals surface area contributed by atoms with E-state index in [1.165, 1.54) is 17.0 Å². The number of rotatable bonds is 6. The van der Waals surface area contributed by atoms with Crippen LogP contribution in [0.5, 0.6) is 5.75 Å². The maximum Gasteiger partial charge on any atom is 0.321 e. The number of nitrogens with zero attached hydrogens (tertiary/aromatic N) is 2. The highest BCUT2D eigenvalue weighted by Gasteiger charge is 2.13. The van der Waals surface area contributed by atoms with Gasteiger partial charge < -0.3 is 10.1 Å². The lowest BCUT2D eigenvalue weighted by atomic mass is 10.3. The van der Waals surface area contributed by atoms with Crippen molar-refractivity contribution in [3.63, 3.8) is 0 Å². The summed E-state index contributed by atoms with van der Waals surface area (Å²) in [4.78, 5) is 37.2. The quantitative estimate of drug-likeness (QED) is 0.646. The SMILES string of the molecule is CCOc1ccccc1-n1ccn(CC(=O)Nc2cccc(Cl)c2)c(=O)c1=O. The van der Waals surface area contributed by atoms with Crippen molar-refractivity contribution in [3.05, 3.63) is 86.7 Å². The molecule has 8 heteroatoms. The van der Waals surface area contributed by atoms with Gasteiger partial charge in [0.25, 0.3) is 0 Å². The Morgan fingerprint density at radius 2 is 1.86 bits per heavy atom. The van der Waals surface area contributed by atoms with Crippen molar-refractivity contribution in [1.82, 2.24) is 9.13 Å². The summed E-state index contributed by atoms with van der Waals surface area (Å²) >= 11 is 5.88. The molecular weight excluding hydrogens is 382 g/mol. The molecule has 0 spiro atoms. The van der Waals surface area contributed by atoms with Gasteiger partial charge in [0.15, 0.2) is 0 Å². The topological polar surface area (TPSA) is 82.3 Å². The largest absolute Gasteiger partial charge is 0.492 e. The third-order valence-corrected chi connectivity index (χ3v) is 4.14. The van der Waals surface area contributed by atoms with Crippen LogP contribution in [0.4, 0.5) is 5.69 Å². The van der Waals surface area contributed by atoms with Gasteiger partial charge in [-0.15, -0.1) is 0 Å². The van der Waals surface area contributed by atoms with E-state index >= 15 is 0 Å². The molecule has 1 amide bonds. The Kier molecular flexibility index (Phi) is 5.96. The molecular formula is C20H18ClN3O4. The molecule has 3 aromatic rings. The Bertz CT molecular complexity index is 1120. The predicted molar refractivity (Wildman–Crippen MR) is 108 cm³/mol. The molecule has 0 aliphatic rings.